The minimum absolute atomic E-state index is 0.163. The van der Waals surface area contributed by atoms with Crippen LogP contribution in [0.25, 0.3) is 5.82 Å². The van der Waals surface area contributed by atoms with Crippen molar-refractivity contribution in [2.24, 2.45) is 0 Å². The van der Waals surface area contributed by atoms with Gasteiger partial charge in [-0.05, 0) is 58.0 Å². The molecule has 0 saturated carbocycles. The monoisotopic (exact) mass is 339 g/mol. The molecule has 1 N–H and O–H groups in total. The number of amides is 1. The second kappa shape index (κ2) is 6.84. The molecule has 3 aromatic rings. The van der Waals surface area contributed by atoms with Gasteiger partial charge >= 0.3 is 0 Å². The molecule has 0 aliphatic carbocycles. The van der Waals surface area contributed by atoms with E-state index in [1.165, 1.54) is 0 Å². The maximum atomic E-state index is 12.6. The summed E-state index contributed by atoms with van der Waals surface area (Å²) in [7, 11) is 0. The van der Waals surface area contributed by atoms with Crippen LogP contribution in [-0.2, 0) is 0 Å². The molecule has 6 heteroatoms. The maximum Gasteiger partial charge on any atom is 0.257 e. The molecule has 1 aromatic carbocycles. The highest BCUT2D eigenvalue weighted by atomic mass is 16.5. The van der Waals surface area contributed by atoms with Crippen molar-refractivity contribution in [2.75, 3.05) is 11.9 Å². The second-order valence-electron chi connectivity index (χ2n) is 5.83. The normalized spacial score (nSPS) is 10.7. The molecule has 0 aliphatic rings. The Hall–Kier alpha value is -3.02. The average Bonchev–Trinajstić information content (AvgIpc) is 3.12. The van der Waals surface area contributed by atoms with Crippen molar-refractivity contribution in [2.45, 2.75) is 27.7 Å². The van der Waals surface area contributed by atoms with Gasteiger partial charge in [0.05, 0.1) is 12.2 Å². The van der Waals surface area contributed by atoms with Gasteiger partial charge in [-0.2, -0.15) is 0 Å². The first-order chi connectivity index (χ1) is 12.0. The Labute approximate surface area is 146 Å². The van der Waals surface area contributed by atoms with E-state index in [0.717, 1.165) is 28.6 Å². The Morgan fingerprint density at radius 1 is 1.20 bits per heavy atom. The molecule has 2 aromatic heterocycles. The number of aryl methyl sites for hydroxylation is 2. The van der Waals surface area contributed by atoms with Gasteiger partial charge in [-0.1, -0.05) is 5.16 Å². The highest BCUT2D eigenvalue weighted by molar-refractivity contribution is 6.05. The molecule has 0 saturated heterocycles. The third-order valence-electron chi connectivity index (χ3n) is 3.94. The van der Waals surface area contributed by atoms with E-state index >= 15 is 0 Å². The molecule has 2 heterocycles. The third kappa shape index (κ3) is 3.42. The van der Waals surface area contributed by atoms with Crippen molar-refractivity contribution in [1.29, 1.82) is 0 Å². The fourth-order valence-electron chi connectivity index (χ4n) is 2.80. The predicted molar refractivity (Wildman–Crippen MR) is 95.6 cm³/mol. The smallest absolute Gasteiger partial charge is 0.257 e. The van der Waals surface area contributed by atoms with Gasteiger partial charge in [0.25, 0.3) is 5.91 Å². The topological polar surface area (TPSA) is 69.3 Å². The van der Waals surface area contributed by atoms with E-state index in [1.54, 1.807) is 0 Å². The van der Waals surface area contributed by atoms with Gasteiger partial charge in [0.1, 0.15) is 11.5 Å². The number of carbonyl (C=O) groups is 1. The highest BCUT2D eigenvalue weighted by Crippen LogP contribution is 2.22. The van der Waals surface area contributed by atoms with E-state index in [9.17, 15) is 4.79 Å². The van der Waals surface area contributed by atoms with E-state index in [0.29, 0.717) is 18.0 Å². The van der Waals surface area contributed by atoms with Gasteiger partial charge in [0, 0.05) is 23.1 Å². The highest BCUT2D eigenvalue weighted by Gasteiger charge is 2.18. The molecule has 0 spiro atoms. The minimum atomic E-state index is -0.163. The number of hydrogen-bond donors (Lipinski definition) is 1. The molecule has 0 aliphatic heterocycles. The summed E-state index contributed by atoms with van der Waals surface area (Å²) in [4.78, 5) is 12.6. The molecule has 25 heavy (non-hydrogen) atoms. The molecule has 1 amide bonds. The van der Waals surface area contributed by atoms with Gasteiger partial charge in [-0.15, -0.1) is 0 Å². The standard InChI is InChI=1S/C19H21N3O3/c1-5-24-16-8-6-15(7-9-16)20-19(23)17-10-12(2)22(14(17)4)18-11-13(3)25-21-18/h6-11H,5H2,1-4H3,(H,20,23). The summed E-state index contributed by atoms with van der Waals surface area (Å²) in [6, 6.07) is 11.0. The summed E-state index contributed by atoms with van der Waals surface area (Å²) in [5, 5.41) is 6.95. The van der Waals surface area contributed by atoms with Crippen LogP contribution in [-0.4, -0.2) is 22.2 Å². The van der Waals surface area contributed by atoms with E-state index in [1.807, 2.05) is 68.7 Å². The molecule has 0 radical (unpaired) electrons. The van der Waals surface area contributed by atoms with E-state index < -0.39 is 0 Å². The number of hydrogen-bond acceptors (Lipinski definition) is 4. The zero-order valence-corrected chi connectivity index (χ0v) is 14.8. The Bertz CT molecular complexity index is 891. The van der Waals surface area contributed by atoms with Crippen molar-refractivity contribution in [3.8, 4) is 11.6 Å². The van der Waals surface area contributed by atoms with Crippen LogP contribution < -0.4 is 10.1 Å². The van der Waals surface area contributed by atoms with Gasteiger partial charge in [0.2, 0.25) is 0 Å². The molecule has 0 unspecified atom stereocenters. The first-order valence-electron chi connectivity index (χ1n) is 8.16. The summed E-state index contributed by atoms with van der Waals surface area (Å²) in [6.07, 6.45) is 0. The SMILES string of the molecule is CCOc1ccc(NC(=O)c2cc(C)n(-c3cc(C)on3)c2C)cc1. The van der Waals surface area contributed by atoms with E-state index in [2.05, 4.69) is 10.5 Å². The first-order valence-corrected chi connectivity index (χ1v) is 8.16. The molecular weight excluding hydrogens is 318 g/mol. The van der Waals surface area contributed by atoms with Crippen LogP contribution in [0.15, 0.2) is 40.9 Å². The van der Waals surface area contributed by atoms with Crippen LogP contribution in [0.4, 0.5) is 5.69 Å². The van der Waals surface area contributed by atoms with Crippen molar-refractivity contribution < 1.29 is 14.1 Å². The number of anilines is 1. The number of aromatic nitrogens is 2. The van der Waals surface area contributed by atoms with Crippen LogP contribution in [0.3, 0.4) is 0 Å². The summed E-state index contributed by atoms with van der Waals surface area (Å²) in [6.45, 7) is 8.21. The molecule has 130 valence electrons. The van der Waals surface area contributed by atoms with Gasteiger partial charge < -0.3 is 14.6 Å². The summed E-state index contributed by atoms with van der Waals surface area (Å²) in [5.41, 5.74) is 3.06. The van der Waals surface area contributed by atoms with Crippen LogP contribution in [0, 0.1) is 20.8 Å². The van der Waals surface area contributed by atoms with Crippen molar-refractivity contribution >= 4 is 11.6 Å². The summed E-state index contributed by atoms with van der Waals surface area (Å²) >= 11 is 0. The lowest BCUT2D eigenvalue weighted by Gasteiger charge is -2.08. The van der Waals surface area contributed by atoms with Crippen LogP contribution in [0.5, 0.6) is 5.75 Å². The molecule has 6 nitrogen and oxygen atoms in total. The molecular formula is C19H21N3O3. The fraction of sp³-hybridized carbons (Fsp3) is 0.263. The summed E-state index contributed by atoms with van der Waals surface area (Å²) in [5.74, 6) is 2.01. The number of benzene rings is 1. The number of ether oxygens (including phenoxy) is 1. The number of nitrogens with zero attached hydrogens (tertiary/aromatic N) is 2. The van der Waals surface area contributed by atoms with E-state index in [4.69, 9.17) is 9.26 Å². The summed E-state index contributed by atoms with van der Waals surface area (Å²) < 4.78 is 12.5. The lowest BCUT2D eigenvalue weighted by atomic mass is 10.2. The second-order valence-corrected chi connectivity index (χ2v) is 5.83. The van der Waals surface area contributed by atoms with Crippen molar-refractivity contribution in [3.63, 3.8) is 0 Å². The molecule has 0 fully saturated rings. The zero-order valence-electron chi connectivity index (χ0n) is 14.8. The van der Waals surface area contributed by atoms with Crippen molar-refractivity contribution in [1.82, 2.24) is 9.72 Å². The Morgan fingerprint density at radius 2 is 1.92 bits per heavy atom. The maximum absolute atomic E-state index is 12.6. The average molecular weight is 339 g/mol. The fourth-order valence-corrected chi connectivity index (χ4v) is 2.80. The predicted octanol–water partition coefficient (Wildman–Crippen LogP) is 4.04. The lowest BCUT2D eigenvalue weighted by Crippen LogP contribution is -2.13. The number of rotatable bonds is 5. The molecule has 0 atom stereocenters. The first kappa shape index (κ1) is 16.8. The van der Waals surface area contributed by atoms with Crippen LogP contribution in [0.2, 0.25) is 0 Å². The number of carbonyl (C=O) groups excluding carboxylic acids is 1. The largest absolute Gasteiger partial charge is 0.494 e. The Balaban J connectivity index is 1.83. The van der Waals surface area contributed by atoms with Crippen LogP contribution in [0.1, 0.15) is 34.4 Å². The van der Waals surface area contributed by atoms with Crippen molar-refractivity contribution in [3.05, 3.63) is 59.1 Å². The quantitative estimate of drug-likeness (QED) is 0.761. The van der Waals surface area contributed by atoms with Gasteiger partial charge in [-0.3, -0.25) is 9.36 Å². The zero-order chi connectivity index (χ0) is 18.0. The van der Waals surface area contributed by atoms with Crippen LogP contribution >= 0.6 is 0 Å². The van der Waals surface area contributed by atoms with Gasteiger partial charge in [0.15, 0.2) is 5.82 Å². The minimum Gasteiger partial charge on any atom is -0.494 e. The van der Waals surface area contributed by atoms with Gasteiger partial charge in [-0.25, -0.2) is 0 Å². The van der Waals surface area contributed by atoms with E-state index in [-0.39, 0.29) is 5.91 Å². The Morgan fingerprint density at radius 3 is 2.52 bits per heavy atom. The third-order valence-corrected chi connectivity index (χ3v) is 3.94. The lowest BCUT2D eigenvalue weighted by molar-refractivity contribution is 0.102. The molecule has 3 rings (SSSR count). The molecule has 0 bridgehead atoms. The number of nitrogens with one attached hydrogen (secondary N) is 1. The Kier molecular flexibility index (Phi) is 4.61.